The Morgan fingerprint density at radius 2 is 1.60 bits per heavy atom. The quantitative estimate of drug-likeness (QED) is 0.796. The van der Waals surface area contributed by atoms with E-state index in [1.807, 2.05) is 78.1 Å². The Kier molecular flexibility index (Phi) is 6.10. The Morgan fingerprint density at radius 3 is 2.20 bits per heavy atom. The lowest BCUT2D eigenvalue weighted by Gasteiger charge is -2.38. The predicted molar refractivity (Wildman–Crippen MR) is 105 cm³/mol. The fraction of sp³-hybridized carbons (Fsp3) is 0.350. The van der Waals surface area contributed by atoms with Crippen LogP contribution in [-0.2, 0) is 16.8 Å². The molecule has 132 valence electrons. The summed E-state index contributed by atoms with van der Waals surface area (Å²) in [5.41, 5.74) is 1.69. The maximum atomic E-state index is 11.8. The molecule has 1 atom stereocenters. The van der Waals surface area contributed by atoms with Crippen molar-refractivity contribution in [2.24, 2.45) is 0 Å². The molecule has 2 N–H and O–H groups in total. The zero-order valence-electron chi connectivity index (χ0n) is 13.9. The number of carbonyl (C=O) groups is 1. The van der Waals surface area contributed by atoms with Crippen molar-refractivity contribution in [2.75, 3.05) is 11.5 Å². The molecule has 1 fully saturated rings. The van der Waals surface area contributed by atoms with E-state index in [0.29, 0.717) is 6.42 Å². The summed E-state index contributed by atoms with van der Waals surface area (Å²) in [4.78, 5) is 10.7. The molecule has 5 heteroatoms. The molecular formula is C20H22O3S2. The van der Waals surface area contributed by atoms with Crippen molar-refractivity contribution in [3.63, 3.8) is 0 Å². The summed E-state index contributed by atoms with van der Waals surface area (Å²) in [6, 6.07) is 17.6. The topological polar surface area (TPSA) is 57.5 Å². The molecule has 1 saturated heterocycles. The SMILES string of the molecule is O=C(O)CCc1ccc(C(O)(c2ccccc2)C2SCCCS2)cc1. The molecule has 0 saturated carbocycles. The Hall–Kier alpha value is -1.43. The summed E-state index contributed by atoms with van der Waals surface area (Å²) >= 11 is 3.63. The highest BCUT2D eigenvalue weighted by molar-refractivity contribution is 8.17. The van der Waals surface area contributed by atoms with Crippen LogP contribution in [0, 0.1) is 0 Å². The molecule has 2 aromatic rings. The van der Waals surface area contributed by atoms with Gasteiger partial charge in [0.25, 0.3) is 0 Å². The van der Waals surface area contributed by atoms with Crippen molar-refractivity contribution in [1.82, 2.24) is 0 Å². The van der Waals surface area contributed by atoms with E-state index in [2.05, 4.69) is 0 Å². The highest BCUT2D eigenvalue weighted by Gasteiger charge is 2.41. The number of hydrogen-bond acceptors (Lipinski definition) is 4. The molecule has 0 aromatic heterocycles. The molecule has 2 aromatic carbocycles. The second-order valence-corrected chi connectivity index (χ2v) is 8.87. The van der Waals surface area contributed by atoms with Gasteiger partial charge in [-0.05, 0) is 41.0 Å². The van der Waals surface area contributed by atoms with E-state index in [0.717, 1.165) is 28.2 Å². The monoisotopic (exact) mass is 374 g/mol. The predicted octanol–water partition coefficient (Wildman–Crippen LogP) is 4.14. The molecule has 1 aliphatic heterocycles. The Labute approximate surface area is 156 Å². The van der Waals surface area contributed by atoms with Gasteiger partial charge in [0.2, 0.25) is 0 Å². The van der Waals surface area contributed by atoms with Crippen molar-refractivity contribution < 1.29 is 15.0 Å². The van der Waals surface area contributed by atoms with E-state index >= 15 is 0 Å². The van der Waals surface area contributed by atoms with E-state index in [1.54, 1.807) is 0 Å². The third kappa shape index (κ3) is 4.22. The lowest BCUT2D eigenvalue weighted by Crippen LogP contribution is -2.38. The first kappa shape index (κ1) is 18.4. The highest BCUT2D eigenvalue weighted by Crippen LogP contribution is 2.47. The summed E-state index contributed by atoms with van der Waals surface area (Å²) in [7, 11) is 0. The largest absolute Gasteiger partial charge is 0.481 e. The first-order valence-corrected chi connectivity index (χ1v) is 10.5. The van der Waals surface area contributed by atoms with Gasteiger partial charge in [0, 0.05) is 6.42 Å². The van der Waals surface area contributed by atoms with E-state index in [4.69, 9.17) is 5.11 Å². The van der Waals surface area contributed by atoms with Crippen molar-refractivity contribution in [2.45, 2.75) is 29.4 Å². The van der Waals surface area contributed by atoms with Gasteiger partial charge in [-0.3, -0.25) is 4.79 Å². The average Bonchev–Trinajstić information content (AvgIpc) is 2.67. The third-order valence-electron chi connectivity index (χ3n) is 4.40. The molecule has 3 rings (SSSR count). The molecule has 0 radical (unpaired) electrons. The number of carboxylic acids is 1. The molecule has 1 aliphatic rings. The molecule has 0 amide bonds. The maximum Gasteiger partial charge on any atom is 0.303 e. The van der Waals surface area contributed by atoms with Crippen LogP contribution in [0.15, 0.2) is 54.6 Å². The normalized spacial score (nSPS) is 17.8. The first-order chi connectivity index (χ1) is 12.1. The van der Waals surface area contributed by atoms with Crippen molar-refractivity contribution in [3.8, 4) is 0 Å². The number of rotatable bonds is 6. The summed E-state index contributed by atoms with van der Waals surface area (Å²) in [6.07, 6.45) is 1.80. The lowest BCUT2D eigenvalue weighted by molar-refractivity contribution is -0.136. The number of benzene rings is 2. The number of hydrogen-bond donors (Lipinski definition) is 2. The Morgan fingerprint density at radius 1 is 1.00 bits per heavy atom. The zero-order valence-corrected chi connectivity index (χ0v) is 15.6. The minimum atomic E-state index is -1.05. The highest BCUT2D eigenvalue weighted by atomic mass is 32.2. The van der Waals surface area contributed by atoms with Gasteiger partial charge in [0.05, 0.1) is 4.58 Å². The first-order valence-electron chi connectivity index (χ1n) is 8.43. The smallest absolute Gasteiger partial charge is 0.303 e. The summed E-state index contributed by atoms with van der Waals surface area (Å²) in [6.45, 7) is 0. The molecule has 1 unspecified atom stereocenters. The second-order valence-electron chi connectivity index (χ2n) is 6.15. The van der Waals surface area contributed by atoms with Gasteiger partial charge in [-0.15, -0.1) is 23.5 Å². The van der Waals surface area contributed by atoms with Gasteiger partial charge in [-0.25, -0.2) is 0 Å². The van der Waals surface area contributed by atoms with Crippen LogP contribution < -0.4 is 0 Å². The van der Waals surface area contributed by atoms with Crippen LogP contribution in [0.25, 0.3) is 0 Å². The van der Waals surface area contributed by atoms with Crippen molar-refractivity contribution in [3.05, 3.63) is 71.3 Å². The summed E-state index contributed by atoms with van der Waals surface area (Å²) in [5, 5.41) is 20.6. The minimum absolute atomic E-state index is 0.0496. The van der Waals surface area contributed by atoms with Gasteiger partial charge in [0.15, 0.2) is 0 Å². The summed E-state index contributed by atoms with van der Waals surface area (Å²) < 4.78 is 0.0496. The number of carboxylic acid groups (broad SMARTS) is 1. The zero-order chi connectivity index (χ0) is 17.7. The van der Waals surface area contributed by atoms with E-state index in [1.165, 1.54) is 6.42 Å². The molecule has 25 heavy (non-hydrogen) atoms. The third-order valence-corrected chi connectivity index (χ3v) is 7.56. The fourth-order valence-electron chi connectivity index (χ4n) is 3.04. The van der Waals surface area contributed by atoms with Gasteiger partial charge < -0.3 is 10.2 Å². The standard InChI is InChI=1S/C20H22O3S2/c21-18(22)12-9-15-7-10-17(11-8-15)20(23,16-5-2-1-3-6-16)19-24-13-4-14-25-19/h1-3,5-8,10-11,19,23H,4,9,12-14H2,(H,21,22). The van der Waals surface area contributed by atoms with Crippen LogP contribution in [0.4, 0.5) is 0 Å². The summed E-state index contributed by atoms with van der Waals surface area (Å²) in [5.74, 6) is 1.33. The molecule has 3 nitrogen and oxygen atoms in total. The molecule has 1 heterocycles. The van der Waals surface area contributed by atoms with Crippen molar-refractivity contribution in [1.29, 1.82) is 0 Å². The number of thioether (sulfide) groups is 2. The van der Waals surface area contributed by atoms with Crippen LogP contribution >= 0.6 is 23.5 Å². The second kappa shape index (κ2) is 8.30. The van der Waals surface area contributed by atoms with Crippen LogP contribution in [0.2, 0.25) is 0 Å². The molecule has 0 bridgehead atoms. The van der Waals surface area contributed by atoms with Crippen LogP contribution in [0.5, 0.6) is 0 Å². The number of aliphatic hydroxyl groups is 1. The van der Waals surface area contributed by atoms with Gasteiger partial charge in [0.1, 0.15) is 5.60 Å². The van der Waals surface area contributed by atoms with E-state index in [-0.39, 0.29) is 11.0 Å². The van der Waals surface area contributed by atoms with Gasteiger partial charge in [-0.2, -0.15) is 0 Å². The Bertz CT molecular complexity index is 697. The van der Waals surface area contributed by atoms with E-state index in [9.17, 15) is 9.90 Å². The van der Waals surface area contributed by atoms with E-state index < -0.39 is 11.6 Å². The lowest BCUT2D eigenvalue weighted by atomic mass is 9.87. The van der Waals surface area contributed by atoms with Gasteiger partial charge >= 0.3 is 5.97 Å². The number of aliphatic carboxylic acids is 1. The number of aryl methyl sites for hydroxylation is 1. The minimum Gasteiger partial charge on any atom is -0.481 e. The fourth-order valence-corrected chi connectivity index (χ4v) is 6.26. The average molecular weight is 375 g/mol. The molecule has 0 spiro atoms. The van der Waals surface area contributed by atoms with Gasteiger partial charge in [-0.1, -0.05) is 54.6 Å². The van der Waals surface area contributed by atoms with Crippen LogP contribution in [0.1, 0.15) is 29.5 Å². The Balaban J connectivity index is 1.93. The maximum absolute atomic E-state index is 11.8. The van der Waals surface area contributed by atoms with Crippen LogP contribution in [-0.4, -0.2) is 32.3 Å². The molecular weight excluding hydrogens is 352 g/mol. The van der Waals surface area contributed by atoms with Crippen LogP contribution in [0.3, 0.4) is 0 Å². The van der Waals surface area contributed by atoms with Crippen molar-refractivity contribution >= 4 is 29.5 Å². The molecule has 0 aliphatic carbocycles.